The van der Waals surface area contributed by atoms with Crippen LogP contribution < -0.4 is 4.74 Å². The van der Waals surface area contributed by atoms with E-state index < -0.39 is 0 Å². The van der Waals surface area contributed by atoms with Gasteiger partial charge in [-0.15, -0.1) is 0 Å². The van der Waals surface area contributed by atoms with Gasteiger partial charge in [-0.2, -0.15) is 5.10 Å². The van der Waals surface area contributed by atoms with Crippen LogP contribution in [0.4, 0.5) is 4.39 Å². The van der Waals surface area contributed by atoms with Crippen molar-refractivity contribution >= 4 is 5.84 Å². The molecule has 0 amide bonds. The van der Waals surface area contributed by atoms with Gasteiger partial charge in [-0.1, -0.05) is 24.3 Å². The second kappa shape index (κ2) is 8.03. The summed E-state index contributed by atoms with van der Waals surface area (Å²) in [5.41, 5.74) is 1.80. The van der Waals surface area contributed by atoms with Crippen LogP contribution in [-0.2, 0) is 6.61 Å². The van der Waals surface area contributed by atoms with E-state index in [0.717, 1.165) is 48.6 Å². The van der Waals surface area contributed by atoms with Gasteiger partial charge in [0.05, 0.1) is 5.56 Å². The molecule has 0 radical (unpaired) electrons. The summed E-state index contributed by atoms with van der Waals surface area (Å²) in [5, 5.41) is 6.95. The lowest BCUT2D eigenvalue weighted by Crippen LogP contribution is -2.21. The van der Waals surface area contributed by atoms with E-state index in [1.165, 1.54) is 12.1 Å². The minimum atomic E-state index is -0.251. The minimum Gasteiger partial charge on any atom is -0.488 e. The number of hydrazone groups is 1. The predicted octanol–water partition coefficient (Wildman–Crippen LogP) is 3.91. The first-order chi connectivity index (χ1) is 13.3. The Morgan fingerprint density at radius 2 is 1.85 bits per heavy atom. The predicted molar refractivity (Wildman–Crippen MR) is 102 cm³/mol. The first-order valence-electron chi connectivity index (χ1n) is 9.08. The molecule has 138 valence electrons. The van der Waals surface area contributed by atoms with Crippen LogP contribution in [0.2, 0.25) is 0 Å². The van der Waals surface area contributed by atoms with Crippen LogP contribution in [0.1, 0.15) is 24.0 Å². The van der Waals surface area contributed by atoms with E-state index in [9.17, 15) is 4.39 Å². The lowest BCUT2D eigenvalue weighted by molar-refractivity contribution is 0.305. The number of benzene rings is 2. The number of para-hydroxylation sites is 1. The zero-order valence-corrected chi connectivity index (χ0v) is 15.0. The van der Waals surface area contributed by atoms with Gasteiger partial charge in [-0.3, -0.25) is 9.58 Å². The topological polar surface area (TPSA) is 42.6 Å². The standard InChI is InChI=1S/C21H21FN4O/c22-18-9-7-17(8-10-18)15-27-20-6-2-1-5-19(20)21(25-14-11-23-16-25)24-26-12-3-4-13-26/h1-2,5-11,14,16H,3-4,12-13,15H2/b24-21-. The van der Waals surface area contributed by atoms with Crippen molar-refractivity contribution in [2.75, 3.05) is 13.1 Å². The van der Waals surface area contributed by atoms with Gasteiger partial charge in [0.2, 0.25) is 0 Å². The highest BCUT2D eigenvalue weighted by molar-refractivity contribution is 6.02. The second-order valence-electron chi connectivity index (χ2n) is 6.47. The van der Waals surface area contributed by atoms with E-state index in [2.05, 4.69) is 9.99 Å². The molecule has 0 aliphatic carbocycles. The molecular weight excluding hydrogens is 343 g/mol. The number of nitrogens with zero attached hydrogens (tertiary/aromatic N) is 4. The SMILES string of the molecule is Fc1ccc(COc2ccccc2/C(=N/N2CCCC2)n2ccnc2)cc1. The Balaban J connectivity index is 1.63. The average Bonchev–Trinajstić information content (AvgIpc) is 3.40. The fourth-order valence-corrected chi connectivity index (χ4v) is 3.08. The van der Waals surface area contributed by atoms with Crippen molar-refractivity contribution in [3.05, 3.63) is 84.2 Å². The fraction of sp³-hybridized carbons (Fsp3) is 0.238. The summed E-state index contributed by atoms with van der Waals surface area (Å²) in [6, 6.07) is 14.2. The summed E-state index contributed by atoms with van der Waals surface area (Å²) in [4.78, 5) is 4.16. The molecule has 0 bridgehead atoms. The molecule has 1 fully saturated rings. The van der Waals surface area contributed by atoms with Crippen molar-refractivity contribution in [3.8, 4) is 5.75 Å². The van der Waals surface area contributed by atoms with Crippen LogP contribution in [0, 0.1) is 5.82 Å². The molecule has 27 heavy (non-hydrogen) atoms. The van der Waals surface area contributed by atoms with Crippen LogP contribution in [0.15, 0.2) is 72.4 Å². The van der Waals surface area contributed by atoms with Crippen molar-refractivity contribution in [2.24, 2.45) is 5.10 Å². The summed E-state index contributed by atoms with van der Waals surface area (Å²) in [7, 11) is 0. The Bertz CT molecular complexity index is 900. The van der Waals surface area contributed by atoms with Gasteiger partial charge in [-0.05, 0) is 42.7 Å². The number of hydrogen-bond donors (Lipinski definition) is 0. The lowest BCUT2D eigenvalue weighted by atomic mass is 10.1. The first kappa shape index (κ1) is 17.3. The molecular formula is C21H21FN4O. The Morgan fingerprint density at radius 1 is 1.07 bits per heavy atom. The van der Waals surface area contributed by atoms with Crippen molar-refractivity contribution in [3.63, 3.8) is 0 Å². The highest BCUT2D eigenvalue weighted by Crippen LogP contribution is 2.22. The Labute approximate surface area is 157 Å². The van der Waals surface area contributed by atoms with Crippen molar-refractivity contribution in [2.45, 2.75) is 19.4 Å². The zero-order valence-electron chi connectivity index (χ0n) is 15.0. The van der Waals surface area contributed by atoms with Gasteiger partial charge in [0, 0.05) is 25.5 Å². The average molecular weight is 364 g/mol. The van der Waals surface area contributed by atoms with Crippen LogP contribution in [0.25, 0.3) is 0 Å². The molecule has 4 rings (SSSR count). The van der Waals surface area contributed by atoms with E-state index in [1.54, 1.807) is 24.7 Å². The maximum atomic E-state index is 13.1. The van der Waals surface area contributed by atoms with E-state index in [1.807, 2.05) is 35.0 Å². The number of halogens is 1. The second-order valence-corrected chi connectivity index (χ2v) is 6.47. The molecule has 1 saturated heterocycles. The summed E-state index contributed by atoms with van der Waals surface area (Å²) in [5.74, 6) is 1.26. The summed E-state index contributed by atoms with van der Waals surface area (Å²) < 4.78 is 21.1. The maximum absolute atomic E-state index is 13.1. The van der Waals surface area contributed by atoms with Gasteiger partial charge >= 0.3 is 0 Å². The van der Waals surface area contributed by atoms with E-state index in [-0.39, 0.29) is 5.82 Å². The van der Waals surface area contributed by atoms with Crippen molar-refractivity contribution in [1.29, 1.82) is 0 Å². The lowest BCUT2D eigenvalue weighted by Gasteiger charge is -2.17. The van der Waals surface area contributed by atoms with Gasteiger partial charge in [-0.25, -0.2) is 9.37 Å². The molecule has 0 unspecified atom stereocenters. The fourth-order valence-electron chi connectivity index (χ4n) is 3.08. The minimum absolute atomic E-state index is 0.251. The monoisotopic (exact) mass is 364 g/mol. The Morgan fingerprint density at radius 3 is 2.59 bits per heavy atom. The van der Waals surface area contributed by atoms with Gasteiger partial charge in [0.1, 0.15) is 24.5 Å². The van der Waals surface area contributed by atoms with E-state index in [0.29, 0.717) is 6.61 Å². The molecule has 1 aromatic heterocycles. The number of hydrogen-bond acceptors (Lipinski definition) is 4. The normalized spacial score (nSPS) is 14.6. The molecule has 0 spiro atoms. The quantitative estimate of drug-likeness (QED) is 0.509. The zero-order chi connectivity index (χ0) is 18.5. The highest BCUT2D eigenvalue weighted by Gasteiger charge is 2.16. The Hall–Kier alpha value is -3.15. The molecule has 3 aromatic rings. The third kappa shape index (κ3) is 4.16. The Kier molecular flexibility index (Phi) is 5.14. The number of rotatable bonds is 5. The van der Waals surface area contributed by atoms with E-state index >= 15 is 0 Å². The molecule has 0 N–H and O–H groups in total. The molecule has 6 heteroatoms. The third-order valence-electron chi connectivity index (χ3n) is 4.50. The van der Waals surface area contributed by atoms with Crippen molar-refractivity contribution < 1.29 is 9.13 Å². The molecule has 0 saturated carbocycles. The number of imidazole rings is 1. The number of aromatic nitrogens is 2. The maximum Gasteiger partial charge on any atom is 0.169 e. The van der Waals surface area contributed by atoms with Crippen molar-refractivity contribution in [1.82, 2.24) is 14.6 Å². The highest BCUT2D eigenvalue weighted by atomic mass is 19.1. The number of ether oxygens (including phenoxy) is 1. The van der Waals surface area contributed by atoms with Gasteiger partial charge in [0.25, 0.3) is 0 Å². The van der Waals surface area contributed by atoms with Crippen LogP contribution in [-0.4, -0.2) is 33.5 Å². The van der Waals surface area contributed by atoms with Gasteiger partial charge < -0.3 is 4.74 Å². The van der Waals surface area contributed by atoms with E-state index in [4.69, 9.17) is 9.84 Å². The third-order valence-corrected chi connectivity index (χ3v) is 4.50. The molecule has 2 aromatic carbocycles. The van der Waals surface area contributed by atoms with Crippen LogP contribution in [0.5, 0.6) is 5.75 Å². The van der Waals surface area contributed by atoms with Crippen LogP contribution in [0.3, 0.4) is 0 Å². The summed E-state index contributed by atoms with van der Waals surface area (Å²) >= 11 is 0. The first-order valence-corrected chi connectivity index (χ1v) is 9.08. The largest absolute Gasteiger partial charge is 0.488 e. The summed E-state index contributed by atoms with van der Waals surface area (Å²) in [6.45, 7) is 2.27. The molecule has 0 atom stereocenters. The molecule has 2 heterocycles. The molecule has 1 aliphatic heterocycles. The smallest absolute Gasteiger partial charge is 0.169 e. The van der Waals surface area contributed by atoms with Crippen LogP contribution >= 0.6 is 0 Å². The summed E-state index contributed by atoms with van der Waals surface area (Å²) in [6.07, 6.45) is 7.67. The van der Waals surface area contributed by atoms with Gasteiger partial charge in [0.15, 0.2) is 5.84 Å². The molecule has 5 nitrogen and oxygen atoms in total. The molecule has 1 aliphatic rings.